The summed E-state index contributed by atoms with van der Waals surface area (Å²) in [7, 11) is 0. The van der Waals surface area contributed by atoms with E-state index in [4.69, 9.17) is 4.74 Å². The molecule has 2 heterocycles. The molecule has 2 aliphatic rings. The molecule has 6 heteroatoms. The summed E-state index contributed by atoms with van der Waals surface area (Å²) in [5.74, 6) is 0.592. The van der Waals surface area contributed by atoms with Gasteiger partial charge in [-0.3, -0.25) is 5.32 Å². The fraction of sp³-hybridized carbons (Fsp3) is 0.556. The van der Waals surface area contributed by atoms with Gasteiger partial charge in [-0.15, -0.1) is 0 Å². The van der Waals surface area contributed by atoms with E-state index in [1.54, 1.807) is 0 Å². The number of rotatable bonds is 1. The van der Waals surface area contributed by atoms with Crippen LogP contribution in [0.2, 0.25) is 0 Å². The van der Waals surface area contributed by atoms with Crippen molar-refractivity contribution in [2.45, 2.75) is 51.8 Å². The maximum Gasteiger partial charge on any atom is 0.414 e. The van der Waals surface area contributed by atoms with Crippen LogP contribution in [0.5, 0.6) is 0 Å². The third-order valence-corrected chi connectivity index (χ3v) is 4.19. The number of hydrogen-bond acceptors (Lipinski definition) is 5. The topological polar surface area (TPSA) is 66.0 Å². The fourth-order valence-electron chi connectivity index (χ4n) is 3.11. The van der Waals surface area contributed by atoms with Crippen molar-refractivity contribution in [1.29, 1.82) is 0 Å². The number of carbonyl (C=O) groups excluding carboxylic acids is 1. The van der Waals surface area contributed by atoms with E-state index in [-0.39, 0.29) is 0 Å². The zero-order valence-corrected chi connectivity index (χ0v) is 14.6. The van der Waals surface area contributed by atoms with E-state index in [0.717, 1.165) is 38.2 Å². The van der Waals surface area contributed by atoms with Crippen LogP contribution in [0.3, 0.4) is 0 Å². The molecular weight excluding hydrogens is 304 g/mol. The highest BCUT2D eigenvalue weighted by Gasteiger charge is 2.29. The number of carbonyl (C=O) groups is 1. The van der Waals surface area contributed by atoms with Gasteiger partial charge in [-0.25, -0.2) is 9.79 Å². The van der Waals surface area contributed by atoms with Crippen molar-refractivity contribution in [3.05, 3.63) is 29.8 Å². The molecule has 1 aromatic rings. The van der Waals surface area contributed by atoms with Crippen LogP contribution in [-0.4, -0.2) is 41.7 Å². The van der Waals surface area contributed by atoms with E-state index < -0.39 is 11.7 Å². The van der Waals surface area contributed by atoms with Gasteiger partial charge in [-0.05, 0) is 58.3 Å². The number of nitrogens with one attached hydrogen (secondary N) is 2. The number of amides is 1. The number of benzene rings is 1. The molecule has 0 radical (unpaired) electrons. The molecule has 1 fully saturated rings. The Morgan fingerprint density at radius 3 is 2.71 bits per heavy atom. The largest absolute Gasteiger partial charge is 0.444 e. The van der Waals surface area contributed by atoms with Crippen molar-refractivity contribution in [3.63, 3.8) is 0 Å². The van der Waals surface area contributed by atoms with Gasteiger partial charge >= 0.3 is 6.09 Å². The average molecular weight is 330 g/mol. The lowest BCUT2D eigenvalue weighted by molar-refractivity contribution is 0.0552. The quantitative estimate of drug-likeness (QED) is 0.831. The summed E-state index contributed by atoms with van der Waals surface area (Å²) in [6.45, 7) is 8.31. The number of para-hydroxylation sites is 1. The zero-order valence-electron chi connectivity index (χ0n) is 14.6. The van der Waals surface area contributed by atoms with E-state index in [1.165, 1.54) is 5.56 Å². The van der Waals surface area contributed by atoms with Crippen molar-refractivity contribution in [2.24, 2.45) is 4.99 Å². The monoisotopic (exact) mass is 330 g/mol. The minimum absolute atomic E-state index is 0.369. The number of nitrogens with zero attached hydrogens (tertiary/aromatic N) is 2. The molecule has 1 aromatic carbocycles. The summed E-state index contributed by atoms with van der Waals surface area (Å²) in [4.78, 5) is 19.1. The molecule has 1 saturated heterocycles. The summed E-state index contributed by atoms with van der Waals surface area (Å²) < 4.78 is 5.39. The van der Waals surface area contributed by atoms with Gasteiger partial charge in [0, 0.05) is 12.6 Å². The van der Waals surface area contributed by atoms with Gasteiger partial charge in [-0.2, -0.15) is 0 Å². The molecule has 130 valence electrons. The Morgan fingerprint density at radius 2 is 2.00 bits per heavy atom. The van der Waals surface area contributed by atoms with Crippen LogP contribution >= 0.6 is 0 Å². The first-order chi connectivity index (χ1) is 11.4. The number of ether oxygens (including phenoxy) is 1. The Balaban J connectivity index is 1.82. The minimum Gasteiger partial charge on any atom is -0.444 e. The highest BCUT2D eigenvalue weighted by Crippen LogP contribution is 2.28. The maximum atomic E-state index is 12.2. The molecule has 2 aliphatic heterocycles. The number of fused-ring (bicyclic) bond motifs is 1. The molecule has 1 amide bonds. The third kappa shape index (κ3) is 4.06. The van der Waals surface area contributed by atoms with Gasteiger partial charge in [0.15, 0.2) is 0 Å². The highest BCUT2D eigenvalue weighted by atomic mass is 16.6. The van der Waals surface area contributed by atoms with Gasteiger partial charge < -0.3 is 15.0 Å². The fourth-order valence-corrected chi connectivity index (χ4v) is 3.11. The summed E-state index contributed by atoms with van der Waals surface area (Å²) in [5, 5.41) is 6.24. The Labute approximate surface area is 143 Å². The SMILES string of the molecule is CC(C)(C)OC(=O)NC1=Nc2ccccc2CN1C1CCNCC1. The second-order valence-electron chi connectivity index (χ2n) is 7.30. The summed E-state index contributed by atoms with van der Waals surface area (Å²) >= 11 is 0. The lowest BCUT2D eigenvalue weighted by atomic mass is 10.0. The van der Waals surface area contributed by atoms with Crippen molar-refractivity contribution in [3.8, 4) is 0 Å². The Morgan fingerprint density at radius 1 is 1.29 bits per heavy atom. The highest BCUT2D eigenvalue weighted by molar-refractivity contribution is 5.96. The standard InChI is InChI=1S/C18H26N4O2/c1-18(2,3)24-17(23)21-16-20-15-7-5-4-6-13(15)12-22(16)14-8-10-19-11-9-14/h4-7,14,19H,8-12H2,1-3H3,(H,20,21,23). The van der Waals surface area contributed by atoms with Crippen molar-refractivity contribution >= 4 is 17.7 Å². The number of piperidine rings is 1. The van der Waals surface area contributed by atoms with Gasteiger partial charge in [-0.1, -0.05) is 18.2 Å². The molecule has 6 nitrogen and oxygen atoms in total. The molecule has 3 rings (SSSR count). The van der Waals surface area contributed by atoms with Crippen LogP contribution in [0.15, 0.2) is 29.3 Å². The average Bonchev–Trinajstić information content (AvgIpc) is 2.53. The summed E-state index contributed by atoms with van der Waals surface area (Å²) in [6, 6.07) is 8.44. The van der Waals surface area contributed by atoms with Gasteiger partial charge in [0.05, 0.1) is 5.69 Å². The number of guanidine groups is 1. The van der Waals surface area contributed by atoms with E-state index >= 15 is 0 Å². The number of hydrogen-bond donors (Lipinski definition) is 2. The Bertz CT molecular complexity index is 630. The molecule has 2 N–H and O–H groups in total. The second-order valence-corrected chi connectivity index (χ2v) is 7.30. The molecule has 0 bridgehead atoms. The summed E-state index contributed by atoms with van der Waals surface area (Å²) in [6.07, 6.45) is 1.62. The lowest BCUT2D eigenvalue weighted by Crippen LogP contribution is -2.53. The first-order valence-electron chi connectivity index (χ1n) is 8.56. The van der Waals surface area contributed by atoms with Crippen LogP contribution in [0.1, 0.15) is 39.2 Å². The maximum absolute atomic E-state index is 12.2. The Kier molecular flexibility index (Phi) is 4.76. The van der Waals surface area contributed by atoms with E-state index in [1.807, 2.05) is 39.0 Å². The minimum atomic E-state index is -0.531. The lowest BCUT2D eigenvalue weighted by Gasteiger charge is -2.39. The molecule has 0 aliphatic carbocycles. The van der Waals surface area contributed by atoms with Crippen LogP contribution < -0.4 is 10.6 Å². The van der Waals surface area contributed by atoms with Gasteiger partial charge in [0.1, 0.15) is 5.60 Å². The Hall–Kier alpha value is -2.08. The second kappa shape index (κ2) is 6.81. The predicted molar refractivity (Wildman–Crippen MR) is 94.3 cm³/mol. The molecule has 0 atom stereocenters. The first-order valence-corrected chi connectivity index (χ1v) is 8.56. The van der Waals surface area contributed by atoms with Crippen molar-refractivity contribution in [1.82, 2.24) is 15.5 Å². The molecule has 0 unspecified atom stereocenters. The van der Waals surface area contributed by atoms with E-state index in [9.17, 15) is 4.79 Å². The molecular formula is C18H26N4O2. The van der Waals surface area contributed by atoms with Gasteiger partial charge in [0.25, 0.3) is 0 Å². The molecule has 0 aromatic heterocycles. The van der Waals surface area contributed by atoms with Crippen molar-refractivity contribution in [2.75, 3.05) is 13.1 Å². The van der Waals surface area contributed by atoms with Gasteiger partial charge in [0.2, 0.25) is 5.96 Å². The number of alkyl carbamates (subject to hydrolysis) is 1. The molecule has 0 spiro atoms. The van der Waals surface area contributed by atoms with Crippen LogP contribution in [0.4, 0.5) is 10.5 Å². The van der Waals surface area contributed by atoms with Crippen LogP contribution in [0.25, 0.3) is 0 Å². The predicted octanol–water partition coefficient (Wildman–Crippen LogP) is 2.77. The van der Waals surface area contributed by atoms with Crippen molar-refractivity contribution < 1.29 is 9.53 Å². The summed E-state index contributed by atoms with van der Waals surface area (Å²) in [5.41, 5.74) is 1.57. The first kappa shape index (κ1) is 16.8. The van der Waals surface area contributed by atoms with Crippen LogP contribution in [0, 0.1) is 0 Å². The zero-order chi connectivity index (χ0) is 17.2. The third-order valence-electron chi connectivity index (χ3n) is 4.19. The smallest absolute Gasteiger partial charge is 0.414 e. The van der Waals surface area contributed by atoms with E-state index in [2.05, 4.69) is 26.6 Å². The van der Waals surface area contributed by atoms with Crippen LogP contribution in [-0.2, 0) is 11.3 Å². The number of aliphatic imine (C=N–C) groups is 1. The normalized spacial score (nSPS) is 18.6. The molecule has 0 saturated carbocycles. The molecule has 24 heavy (non-hydrogen) atoms. The van der Waals surface area contributed by atoms with E-state index in [0.29, 0.717) is 12.0 Å².